The van der Waals surface area contributed by atoms with E-state index < -0.39 is 12.8 Å². The van der Waals surface area contributed by atoms with Crippen LogP contribution in [0.2, 0.25) is 0 Å². The first-order chi connectivity index (χ1) is 13.3. The van der Waals surface area contributed by atoms with Crippen LogP contribution in [0.25, 0.3) is 0 Å². The Kier molecular flexibility index (Phi) is 6.30. The van der Waals surface area contributed by atoms with Gasteiger partial charge in [0, 0.05) is 23.7 Å². The van der Waals surface area contributed by atoms with Gasteiger partial charge < -0.3 is 14.0 Å². The number of methoxy groups -OCH3 is 1. The summed E-state index contributed by atoms with van der Waals surface area (Å²) in [4.78, 5) is 2.36. The van der Waals surface area contributed by atoms with Crippen molar-refractivity contribution in [3.8, 4) is 5.75 Å². The standard InChI is InChI=1S/C20H25F3N2O3/c1-13-19(14(2)28-24-13)17-5-4-8-25(17)10-15-6-7-18(26-3)16(9-15)11-27-12-20(21,22)23/h6-7,9,17H,4-5,8,10-12H2,1-3H3. The fourth-order valence-electron chi connectivity index (χ4n) is 3.86. The van der Waals surface area contributed by atoms with Gasteiger partial charge in [0.2, 0.25) is 0 Å². The second-order valence-electron chi connectivity index (χ2n) is 7.12. The van der Waals surface area contributed by atoms with E-state index in [1.807, 2.05) is 26.0 Å². The van der Waals surface area contributed by atoms with Crippen LogP contribution in [-0.4, -0.2) is 36.5 Å². The Labute approximate surface area is 162 Å². The number of halogens is 3. The Bertz CT molecular complexity index is 785. The normalized spacial score (nSPS) is 18.0. The summed E-state index contributed by atoms with van der Waals surface area (Å²) in [5, 5.41) is 4.07. The van der Waals surface area contributed by atoms with E-state index in [4.69, 9.17) is 14.0 Å². The lowest BCUT2D eigenvalue weighted by Crippen LogP contribution is -2.23. The number of hydrogen-bond donors (Lipinski definition) is 0. The van der Waals surface area contributed by atoms with Gasteiger partial charge in [-0.05, 0) is 50.9 Å². The molecule has 1 aliphatic rings. The molecule has 1 aromatic carbocycles. The average Bonchev–Trinajstić information content (AvgIpc) is 3.20. The second-order valence-corrected chi connectivity index (χ2v) is 7.12. The van der Waals surface area contributed by atoms with Crippen molar-refractivity contribution in [2.75, 3.05) is 20.3 Å². The average molecular weight is 398 g/mol. The van der Waals surface area contributed by atoms with Gasteiger partial charge in [-0.15, -0.1) is 0 Å². The molecule has 28 heavy (non-hydrogen) atoms. The van der Waals surface area contributed by atoms with E-state index in [-0.39, 0.29) is 12.6 Å². The Morgan fingerprint density at radius 2 is 2.07 bits per heavy atom. The lowest BCUT2D eigenvalue weighted by atomic mass is 10.0. The molecule has 1 fully saturated rings. The summed E-state index contributed by atoms with van der Waals surface area (Å²) >= 11 is 0. The molecule has 5 nitrogen and oxygen atoms in total. The lowest BCUT2D eigenvalue weighted by Gasteiger charge is -2.25. The van der Waals surface area contributed by atoms with Crippen molar-refractivity contribution in [3.63, 3.8) is 0 Å². The molecule has 154 valence electrons. The molecular formula is C20H25F3N2O3. The van der Waals surface area contributed by atoms with Crippen LogP contribution >= 0.6 is 0 Å². The molecule has 0 aliphatic carbocycles. The van der Waals surface area contributed by atoms with Gasteiger partial charge in [-0.1, -0.05) is 11.2 Å². The summed E-state index contributed by atoms with van der Waals surface area (Å²) in [5.41, 5.74) is 3.66. The van der Waals surface area contributed by atoms with Gasteiger partial charge >= 0.3 is 6.18 Å². The fourth-order valence-corrected chi connectivity index (χ4v) is 3.86. The van der Waals surface area contributed by atoms with Crippen molar-refractivity contribution >= 4 is 0 Å². The largest absolute Gasteiger partial charge is 0.496 e. The zero-order valence-electron chi connectivity index (χ0n) is 16.3. The van der Waals surface area contributed by atoms with Crippen molar-refractivity contribution in [1.29, 1.82) is 0 Å². The molecular weight excluding hydrogens is 373 g/mol. The van der Waals surface area contributed by atoms with Crippen LogP contribution in [0.1, 0.15) is 47.0 Å². The number of rotatable bonds is 7. The molecule has 2 heterocycles. The Hall–Kier alpha value is -2.06. The van der Waals surface area contributed by atoms with Crippen LogP contribution in [0.5, 0.6) is 5.75 Å². The minimum Gasteiger partial charge on any atom is -0.496 e. The van der Waals surface area contributed by atoms with E-state index in [0.717, 1.165) is 42.0 Å². The molecule has 0 radical (unpaired) electrons. The number of ether oxygens (including phenoxy) is 2. The van der Waals surface area contributed by atoms with E-state index in [1.54, 1.807) is 6.07 Å². The summed E-state index contributed by atoms with van der Waals surface area (Å²) in [6.07, 6.45) is -2.24. The summed E-state index contributed by atoms with van der Waals surface area (Å²) in [5.74, 6) is 1.36. The number of hydrogen-bond acceptors (Lipinski definition) is 5. The molecule has 0 amide bonds. The number of aryl methyl sites for hydroxylation is 2. The SMILES string of the molecule is COc1ccc(CN2CCCC2c2c(C)noc2C)cc1COCC(F)(F)F. The minimum absolute atomic E-state index is 0.149. The van der Waals surface area contributed by atoms with Gasteiger partial charge in [0.15, 0.2) is 0 Å². The smallest absolute Gasteiger partial charge is 0.411 e. The molecule has 1 saturated heterocycles. The van der Waals surface area contributed by atoms with Crippen LogP contribution in [0.15, 0.2) is 22.7 Å². The van der Waals surface area contributed by atoms with Crippen LogP contribution < -0.4 is 4.74 Å². The van der Waals surface area contributed by atoms with Crippen LogP contribution in [0, 0.1) is 13.8 Å². The zero-order valence-corrected chi connectivity index (χ0v) is 16.3. The molecule has 1 aromatic heterocycles. The Balaban J connectivity index is 1.73. The number of alkyl halides is 3. The maximum absolute atomic E-state index is 12.4. The van der Waals surface area contributed by atoms with Gasteiger partial charge in [0.25, 0.3) is 0 Å². The molecule has 0 spiro atoms. The van der Waals surface area contributed by atoms with E-state index in [2.05, 4.69) is 10.1 Å². The lowest BCUT2D eigenvalue weighted by molar-refractivity contribution is -0.176. The molecule has 0 saturated carbocycles. The topological polar surface area (TPSA) is 47.7 Å². The third-order valence-corrected chi connectivity index (χ3v) is 5.04. The monoisotopic (exact) mass is 398 g/mol. The first kappa shape index (κ1) is 20.7. The molecule has 8 heteroatoms. The highest BCUT2D eigenvalue weighted by atomic mass is 19.4. The highest BCUT2D eigenvalue weighted by molar-refractivity contribution is 5.37. The van der Waals surface area contributed by atoms with Crippen molar-refractivity contribution < 1.29 is 27.2 Å². The molecule has 1 atom stereocenters. The maximum atomic E-state index is 12.4. The third kappa shape index (κ3) is 4.86. The van der Waals surface area contributed by atoms with Gasteiger partial charge in [0.1, 0.15) is 18.1 Å². The first-order valence-electron chi connectivity index (χ1n) is 9.25. The number of nitrogens with zero attached hydrogens (tertiary/aromatic N) is 2. The summed E-state index contributed by atoms with van der Waals surface area (Å²) in [6, 6.07) is 5.81. The van der Waals surface area contributed by atoms with Crippen molar-refractivity contribution in [2.45, 2.75) is 52.1 Å². The minimum atomic E-state index is -4.35. The zero-order chi connectivity index (χ0) is 20.3. The maximum Gasteiger partial charge on any atom is 0.411 e. The van der Waals surface area contributed by atoms with E-state index in [1.165, 1.54) is 7.11 Å². The number of aromatic nitrogens is 1. The van der Waals surface area contributed by atoms with Gasteiger partial charge in [-0.25, -0.2) is 0 Å². The Morgan fingerprint density at radius 1 is 1.29 bits per heavy atom. The third-order valence-electron chi connectivity index (χ3n) is 5.04. The molecule has 1 unspecified atom stereocenters. The van der Waals surface area contributed by atoms with E-state index in [0.29, 0.717) is 17.9 Å². The van der Waals surface area contributed by atoms with Crippen molar-refractivity contribution in [2.24, 2.45) is 0 Å². The number of likely N-dealkylation sites (tertiary alicyclic amines) is 1. The van der Waals surface area contributed by atoms with E-state index in [9.17, 15) is 13.2 Å². The van der Waals surface area contributed by atoms with E-state index >= 15 is 0 Å². The summed E-state index contributed by atoms with van der Waals surface area (Å²) in [6.45, 7) is 4.08. The van der Waals surface area contributed by atoms with Crippen LogP contribution in [-0.2, 0) is 17.9 Å². The number of benzene rings is 1. The van der Waals surface area contributed by atoms with Gasteiger partial charge in [-0.2, -0.15) is 13.2 Å². The second kappa shape index (κ2) is 8.53. The predicted molar refractivity (Wildman–Crippen MR) is 97.1 cm³/mol. The molecule has 0 bridgehead atoms. The van der Waals surface area contributed by atoms with Gasteiger partial charge in [-0.3, -0.25) is 4.90 Å². The molecule has 1 aliphatic heterocycles. The quantitative estimate of drug-likeness (QED) is 0.676. The summed E-state index contributed by atoms with van der Waals surface area (Å²) < 4.78 is 52.5. The molecule has 2 aromatic rings. The van der Waals surface area contributed by atoms with Crippen LogP contribution in [0.3, 0.4) is 0 Å². The first-order valence-corrected chi connectivity index (χ1v) is 9.25. The van der Waals surface area contributed by atoms with Crippen LogP contribution in [0.4, 0.5) is 13.2 Å². The van der Waals surface area contributed by atoms with Crippen molar-refractivity contribution in [3.05, 3.63) is 46.3 Å². The Morgan fingerprint density at radius 3 is 2.71 bits per heavy atom. The highest BCUT2D eigenvalue weighted by Gasteiger charge is 2.31. The summed E-state index contributed by atoms with van der Waals surface area (Å²) in [7, 11) is 1.50. The molecule has 0 N–H and O–H groups in total. The van der Waals surface area contributed by atoms with Crippen molar-refractivity contribution in [1.82, 2.24) is 10.1 Å². The predicted octanol–water partition coefficient (Wildman–Crippen LogP) is 4.72. The fraction of sp³-hybridized carbons (Fsp3) is 0.550. The molecule has 3 rings (SSSR count). The van der Waals surface area contributed by atoms with Gasteiger partial charge in [0.05, 0.1) is 19.4 Å². The highest BCUT2D eigenvalue weighted by Crippen LogP contribution is 2.36.